The van der Waals surface area contributed by atoms with E-state index in [9.17, 15) is 0 Å². The Balaban J connectivity index is 2.07. The monoisotopic (exact) mass is 202 g/mol. The van der Waals surface area contributed by atoms with Gasteiger partial charge in [-0.25, -0.2) is 4.98 Å². The van der Waals surface area contributed by atoms with Crippen LogP contribution >= 0.6 is 0 Å². The van der Waals surface area contributed by atoms with Crippen LogP contribution in [0.3, 0.4) is 0 Å². The van der Waals surface area contributed by atoms with Gasteiger partial charge < -0.3 is 10.2 Å². The van der Waals surface area contributed by atoms with E-state index in [1.54, 1.807) is 6.20 Å². The summed E-state index contributed by atoms with van der Waals surface area (Å²) in [7, 11) is 0. The average molecular weight is 202 g/mol. The van der Waals surface area contributed by atoms with Crippen LogP contribution in [0.25, 0.3) is 0 Å². The smallest absolute Gasteiger partial charge is 0.211 e. The molecule has 0 bridgehead atoms. The average Bonchev–Trinajstić information content (AvgIpc) is 2.66. The maximum Gasteiger partial charge on any atom is 0.211 e. The molecule has 0 spiro atoms. The van der Waals surface area contributed by atoms with Crippen LogP contribution in [-0.4, -0.2) is 4.98 Å². The van der Waals surface area contributed by atoms with E-state index in [2.05, 4.69) is 17.1 Å². The van der Waals surface area contributed by atoms with E-state index in [4.69, 9.17) is 10.2 Å². The molecule has 1 aromatic carbocycles. The molecule has 3 heteroatoms. The highest BCUT2D eigenvalue weighted by atomic mass is 16.4. The largest absolute Gasteiger partial charge is 0.444 e. The van der Waals surface area contributed by atoms with E-state index >= 15 is 0 Å². The molecule has 78 valence electrons. The van der Waals surface area contributed by atoms with E-state index in [1.807, 2.05) is 25.1 Å². The summed E-state index contributed by atoms with van der Waals surface area (Å²) in [5.74, 6) is 1.41. The molecule has 0 aliphatic heterocycles. The van der Waals surface area contributed by atoms with E-state index in [1.165, 1.54) is 5.56 Å². The summed E-state index contributed by atoms with van der Waals surface area (Å²) in [5.41, 5.74) is 7.18. The van der Waals surface area contributed by atoms with Crippen molar-refractivity contribution in [2.75, 3.05) is 0 Å². The lowest BCUT2D eigenvalue weighted by Gasteiger charge is -2.06. The zero-order valence-electron chi connectivity index (χ0n) is 8.68. The molecule has 2 aromatic rings. The van der Waals surface area contributed by atoms with Crippen LogP contribution in [0.1, 0.15) is 23.3 Å². The summed E-state index contributed by atoms with van der Waals surface area (Å²) < 4.78 is 5.38. The molecule has 0 saturated carbocycles. The van der Waals surface area contributed by atoms with Crippen molar-refractivity contribution >= 4 is 0 Å². The molecular weight excluding hydrogens is 188 g/mol. The van der Waals surface area contributed by atoms with E-state index in [0.717, 1.165) is 12.2 Å². The molecule has 1 heterocycles. The van der Waals surface area contributed by atoms with Gasteiger partial charge >= 0.3 is 0 Å². The summed E-state index contributed by atoms with van der Waals surface area (Å²) in [6.07, 6.45) is 2.45. The van der Waals surface area contributed by atoms with Gasteiger partial charge in [0, 0.05) is 0 Å². The highest BCUT2D eigenvalue weighted by Crippen LogP contribution is 2.15. The van der Waals surface area contributed by atoms with E-state index in [-0.39, 0.29) is 6.04 Å². The molecule has 0 aliphatic rings. The number of oxazole rings is 1. The van der Waals surface area contributed by atoms with Gasteiger partial charge in [0.25, 0.3) is 0 Å². The van der Waals surface area contributed by atoms with Crippen molar-refractivity contribution in [3.8, 4) is 0 Å². The summed E-state index contributed by atoms with van der Waals surface area (Å²) in [4.78, 5) is 4.12. The lowest BCUT2D eigenvalue weighted by Crippen LogP contribution is -2.13. The van der Waals surface area contributed by atoms with Crippen LogP contribution in [-0.2, 0) is 6.42 Å². The first-order valence-electron chi connectivity index (χ1n) is 4.97. The molecule has 0 saturated heterocycles. The third-order valence-electron chi connectivity index (χ3n) is 2.25. The van der Waals surface area contributed by atoms with Crippen LogP contribution in [0.4, 0.5) is 0 Å². The first kappa shape index (κ1) is 9.93. The number of hydrogen-bond acceptors (Lipinski definition) is 3. The van der Waals surface area contributed by atoms with Gasteiger partial charge in [-0.15, -0.1) is 0 Å². The molecule has 2 rings (SSSR count). The Labute approximate surface area is 88.9 Å². The molecule has 2 N–H and O–H groups in total. The van der Waals surface area contributed by atoms with Gasteiger partial charge in [0.15, 0.2) is 0 Å². The normalized spacial score (nSPS) is 12.7. The summed E-state index contributed by atoms with van der Waals surface area (Å²) in [6, 6.07) is 9.93. The second-order valence-electron chi connectivity index (χ2n) is 3.61. The number of benzene rings is 1. The second-order valence-corrected chi connectivity index (χ2v) is 3.61. The Hall–Kier alpha value is -1.61. The first-order valence-corrected chi connectivity index (χ1v) is 4.97. The van der Waals surface area contributed by atoms with Crippen molar-refractivity contribution < 1.29 is 4.42 Å². The SMILES string of the molecule is Cc1cnc([C@@H](N)Cc2ccccc2)o1. The Morgan fingerprint density at radius 3 is 2.67 bits per heavy atom. The molecule has 1 aromatic heterocycles. The number of nitrogens with two attached hydrogens (primary N) is 1. The molecule has 0 amide bonds. The fourth-order valence-corrected chi connectivity index (χ4v) is 1.50. The van der Waals surface area contributed by atoms with E-state index in [0.29, 0.717) is 5.89 Å². The van der Waals surface area contributed by atoms with Crippen molar-refractivity contribution in [1.82, 2.24) is 4.98 Å². The summed E-state index contributed by atoms with van der Waals surface area (Å²) in [6.45, 7) is 1.87. The van der Waals surface area contributed by atoms with Crippen LogP contribution in [0.15, 0.2) is 40.9 Å². The van der Waals surface area contributed by atoms with Crippen LogP contribution in [0.5, 0.6) is 0 Å². The fourth-order valence-electron chi connectivity index (χ4n) is 1.50. The van der Waals surface area contributed by atoms with Gasteiger partial charge in [-0.3, -0.25) is 0 Å². The number of nitrogens with zero attached hydrogens (tertiary/aromatic N) is 1. The highest BCUT2D eigenvalue weighted by molar-refractivity contribution is 5.16. The van der Waals surface area contributed by atoms with Gasteiger partial charge in [-0.1, -0.05) is 30.3 Å². The zero-order chi connectivity index (χ0) is 10.7. The van der Waals surface area contributed by atoms with Crippen LogP contribution in [0, 0.1) is 6.92 Å². The molecular formula is C12H14N2O. The lowest BCUT2D eigenvalue weighted by molar-refractivity contribution is 0.431. The molecule has 3 nitrogen and oxygen atoms in total. The minimum absolute atomic E-state index is 0.166. The van der Waals surface area contributed by atoms with Crippen molar-refractivity contribution in [1.29, 1.82) is 0 Å². The van der Waals surface area contributed by atoms with Crippen LogP contribution in [0.2, 0.25) is 0 Å². The predicted octanol–water partition coefficient (Wildman–Crippen LogP) is 2.23. The first-order chi connectivity index (χ1) is 7.25. The maximum absolute atomic E-state index is 5.98. The summed E-state index contributed by atoms with van der Waals surface area (Å²) in [5, 5.41) is 0. The zero-order valence-corrected chi connectivity index (χ0v) is 8.68. The fraction of sp³-hybridized carbons (Fsp3) is 0.250. The Kier molecular flexibility index (Phi) is 2.83. The molecule has 1 atom stereocenters. The van der Waals surface area contributed by atoms with Gasteiger partial charge in [-0.2, -0.15) is 0 Å². The molecule has 0 aliphatic carbocycles. The van der Waals surface area contributed by atoms with Crippen molar-refractivity contribution in [3.63, 3.8) is 0 Å². The second kappa shape index (κ2) is 4.28. The standard InChI is InChI=1S/C12H14N2O/c1-9-8-14-12(15-9)11(13)7-10-5-3-2-4-6-10/h2-6,8,11H,7,13H2,1H3/t11-/m0/s1. The number of aryl methyl sites for hydroxylation is 1. The maximum atomic E-state index is 5.98. The minimum atomic E-state index is -0.166. The summed E-state index contributed by atoms with van der Waals surface area (Å²) >= 11 is 0. The molecule has 15 heavy (non-hydrogen) atoms. The quantitative estimate of drug-likeness (QED) is 0.830. The topological polar surface area (TPSA) is 52.0 Å². The van der Waals surface area contributed by atoms with Crippen molar-refractivity contribution in [2.45, 2.75) is 19.4 Å². The van der Waals surface area contributed by atoms with Crippen LogP contribution < -0.4 is 5.73 Å². The molecule has 0 fully saturated rings. The third kappa shape index (κ3) is 2.44. The lowest BCUT2D eigenvalue weighted by atomic mass is 10.1. The molecule has 0 radical (unpaired) electrons. The van der Waals surface area contributed by atoms with Crippen molar-refractivity contribution in [2.24, 2.45) is 5.73 Å². The Morgan fingerprint density at radius 1 is 1.33 bits per heavy atom. The van der Waals surface area contributed by atoms with Gasteiger partial charge in [0.1, 0.15) is 5.76 Å². The van der Waals surface area contributed by atoms with E-state index < -0.39 is 0 Å². The Bertz CT molecular complexity index is 422. The minimum Gasteiger partial charge on any atom is -0.444 e. The van der Waals surface area contributed by atoms with Gasteiger partial charge in [0.2, 0.25) is 5.89 Å². The van der Waals surface area contributed by atoms with Crippen molar-refractivity contribution in [3.05, 3.63) is 53.7 Å². The predicted molar refractivity (Wildman–Crippen MR) is 58.3 cm³/mol. The number of hydrogen-bond donors (Lipinski definition) is 1. The van der Waals surface area contributed by atoms with Gasteiger partial charge in [-0.05, 0) is 18.9 Å². The Morgan fingerprint density at radius 2 is 2.07 bits per heavy atom. The number of aromatic nitrogens is 1. The molecule has 0 unspecified atom stereocenters. The number of rotatable bonds is 3. The van der Waals surface area contributed by atoms with Gasteiger partial charge in [0.05, 0.1) is 12.2 Å². The third-order valence-corrected chi connectivity index (χ3v) is 2.25. The highest BCUT2D eigenvalue weighted by Gasteiger charge is 2.11.